The summed E-state index contributed by atoms with van der Waals surface area (Å²) in [5.74, 6) is -0.523. The van der Waals surface area contributed by atoms with Crippen LogP contribution in [0.2, 0.25) is 0 Å². The summed E-state index contributed by atoms with van der Waals surface area (Å²) in [6, 6.07) is 18.4. The van der Waals surface area contributed by atoms with E-state index in [2.05, 4.69) is 5.32 Å². The molecule has 0 atom stereocenters. The SMILES string of the molecule is CN(C)S(=O)(=O)c1ccc(N(CC(=O)Nc2ccc3ccccc3c2)S(C)(=O)=O)cc1. The molecule has 0 saturated heterocycles. The first-order valence-corrected chi connectivity index (χ1v) is 12.6. The van der Waals surface area contributed by atoms with Gasteiger partial charge in [0.15, 0.2) is 0 Å². The number of fused-ring (bicyclic) bond motifs is 1. The van der Waals surface area contributed by atoms with Gasteiger partial charge in [-0.15, -0.1) is 0 Å². The molecule has 3 rings (SSSR count). The summed E-state index contributed by atoms with van der Waals surface area (Å²) in [5, 5.41) is 4.67. The molecule has 0 aliphatic heterocycles. The van der Waals surface area contributed by atoms with Crippen LogP contribution < -0.4 is 9.62 Å². The summed E-state index contributed by atoms with van der Waals surface area (Å²) in [6.45, 7) is -0.453. The lowest BCUT2D eigenvalue weighted by molar-refractivity contribution is -0.114. The first-order valence-electron chi connectivity index (χ1n) is 9.27. The third kappa shape index (κ3) is 5.22. The maximum atomic E-state index is 12.6. The summed E-state index contributed by atoms with van der Waals surface area (Å²) in [5.41, 5.74) is 0.735. The largest absolute Gasteiger partial charge is 0.324 e. The fraction of sp³-hybridized carbons (Fsp3) is 0.190. The maximum absolute atomic E-state index is 12.6. The molecule has 1 amide bonds. The molecule has 164 valence electrons. The number of rotatable bonds is 7. The van der Waals surface area contributed by atoms with Crippen molar-refractivity contribution in [2.45, 2.75) is 4.90 Å². The van der Waals surface area contributed by atoms with Crippen LogP contribution in [0.1, 0.15) is 0 Å². The van der Waals surface area contributed by atoms with Gasteiger partial charge in [0, 0.05) is 19.8 Å². The Morgan fingerprint density at radius 1 is 0.871 bits per heavy atom. The van der Waals surface area contributed by atoms with Gasteiger partial charge in [0.1, 0.15) is 6.54 Å². The lowest BCUT2D eigenvalue weighted by atomic mass is 10.1. The highest BCUT2D eigenvalue weighted by molar-refractivity contribution is 7.92. The Morgan fingerprint density at radius 2 is 1.48 bits per heavy atom. The van der Waals surface area contributed by atoms with E-state index >= 15 is 0 Å². The molecule has 0 spiro atoms. The molecule has 0 saturated carbocycles. The van der Waals surface area contributed by atoms with E-state index in [0.29, 0.717) is 5.69 Å². The van der Waals surface area contributed by atoms with Crippen molar-refractivity contribution < 1.29 is 21.6 Å². The smallest absolute Gasteiger partial charge is 0.245 e. The zero-order valence-corrected chi connectivity index (χ0v) is 18.9. The van der Waals surface area contributed by atoms with Crippen molar-refractivity contribution in [3.8, 4) is 0 Å². The Bertz CT molecular complexity index is 1320. The second kappa shape index (κ2) is 8.66. The molecule has 0 bridgehead atoms. The zero-order valence-electron chi connectivity index (χ0n) is 17.3. The van der Waals surface area contributed by atoms with Crippen LogP contribution in [0, 0.1) is 0 Å². The minimum Gasteiger partial charge on any atom is -0.324 e. The number of nitrogens with one attached hydrogen (secondary N) is 1. The van der Waals surface area contributed by atoms with Gasteiger partial charge in [0.2, 0.25) is 26.0 Å². The van der Waals surface area contributed by atoms with Crippen molar-refractivity contribution in [2.24, 2.45) is 0 Å². The molecule has 0 heterocycles. The van der Waals surface area contributed by atoms with Crippen LogP contribution in [0.5, 0.6) is 0 Å². The van der Waals surface area contributed by atoms with Gasteiger partial charge in [0.05, 0.1) is 16.8 Å². The molecular formula is C21H23N3O5S2. The fourth-order valence-corrected chi connectivity index (χ4v) is 4.75. The molecule has 1 N–H and O–H groups in total. The molecule has 3 aromatic carbocycles. The Morgan fingerprint density at radius 3 is 2.06 bits per heavy atom. The van der Waals surface area contributed by atoms with E-state index in [1.54, 1.807) is 12.1 Å². The summed E-state index contributed by atoms with van der Waals surface area (Å²) in [7, 11) is -4.63. The first kappa shape index (κ1) is 22.7. The summed E-state index contributed by atoms with van der Waals surface area (Å²) < 4.78 is 51.0. The van der Waals surface area contributed by atoms with Gasteiger partial charge in [-0.05, 0) is 47.2 Å². The second-order valence-electron chi connectivity index (χ2n) is 7.16. The van der Waals surface area contributed by atoms with E-state index in [1.165, 1.54) is 38.4 Å². The van der Waals surface area contributed by atoms with Crippen LogP contribution in [0.25, 0.3) is 10.8 Å². The Labute approximate surface area is 182 Å². The number of hydrogen-bond acceptors (Lipinski definition) is 5. The van der Waals surface area contributed by atoms with E-state index in [1.807, 2.05) is 30.3 Å². The van der Waals surface area contributed by atoms with Crippen molar-refractivity contribution in [2.75, 3.05) is 36.5 Å². The third-order valence-electron chi connectivity index (χ3n) is 4.62. The standard InChI is InChI=1S/C21H23N3O5S2/c1-23(2)31(28,29)20-12-10-19(11-13-20)24(30(3,26)27)15-21(25)22-18-9-8-16-6-4-5-7-17(16)14-18/h4-14H,15H2,1-3H3,(H,22,25). The number of hydrogen-bond donors (Lipinski definition) is 1. The van der Waals surface area contributed by atoms with Crippen molar-refractivity contribution in [3.63, 3.8) is 0 Å². The van der Waals surface area contributed by atoms with Gasteiger partial charge in [-0.1, -0.05) is 30.3 Å². The third-order valence-corrected chi connectivity index (χ3v) is 7.59. The zero-order chi connectivity index (χ0) is 22.8. The van der Waals surface area contributed by atoms with E-state index in [9.17, 15) is 21.6 Å². The average molecular weight is 462 g/mol. The summed E-state index contributed by atoms with van der Waals surface area (Å²) in [6.07, 6.45) is 0.987. The first-order chi connectivity index (χ1) is 14.5. The molecule has 0 unspecified atom stereocenters. The van der Waals surface area contributed by atoms with Gasteiger partial charge in [-0.25, -0.2) is 21.1 Å². The number of nitrogens with zero attached hydrogens (tertiary/aromatic N) is 2. The number of anilines is 2. The lowest BCUT2D eigenvalue weighted by Gasteiger charge is -2.22. The van der Waals surface area contributed by atoms with Crippen LogP contribution >= 0.6 is 0 Å². The highest BCUT2D eigenvalue weighted by Crippen LogP contribution is 2.23. The topological polar surface area (TPSA) is 104 Å². The molecule has 0 aliphatic carbocycles. The summed E-state index contributed by atoms with van der Waals surface area (Å²) in [4.78, 5) is 12.6. The van der Waals surface area contributed by atoms with E-state index in [-0.39, 0.29) is 10.6 Å². The number of carbonyl (C=O) groups excluding carboxylic acids is 1. The van der Waals surface area contributed by atoms with Crippen LogP contribution in [0.3, 0.4) is 0 Å². The molecule has 10 heteroatoms. The molecule has 0 radical (unpaired) electrons. The van der Waals surface area contributed by atoms with Crippen LogP contribution in [0.4, 0.5) is 11.4 Å². The minimum atomic E-state index is -3.79. The van der Waals surface area contributed by atoms with Crippen molar-refractivity contribution in [3.05, 3.63) is 66.7 Å². The van der Waals surface area contributed by atoms with Gasteiger partial charge >= 0.3 is 0 Å². The number of benzene rings is 3. The highest BCUT2D eigenvalue weighted by Gasteiger charge is 2.23. The number of sulfonamides is 2. The van der Waals surface area contributed by atoms with Gasteiger partial charge in [-0.2, -0.15) is 0 Å². The predicted octanol–water partition coefficient (Wildman–Crippen LogP) is 2.49. The monoisotopic (exact) mass is 461 g/mol. The average Bonchev–Trinajstić information content (AvgIpc) is 2.71. The van der Waals surface area contributed by atoms with E-state index < -0.39 is 32.5 Å². The number of amides is 1. The van der Waals surface area contributed by atoms with Crippen LogP contribution in [-0.2, 0) is 24.8 Å². The molecule has 0 aromatic heterocycles. The molecule has 8 nitrogen and oxygen atoms in total. The fourth-order valence-electron chi connectivity index (χ4n) is 2.99. The van der Waals surface area contributed by atoms with Crippen molar-refractivity contribution in [1.82, 2.24) is 4.31 Å². The summed E-state index contributed by atoms with van der Waals surface area (Å²) >= 11 is 0. The molecular weight excluding hydrogens is 438 g/mol. The van der Waals surface area contributed by atoms with Gasteiger partial charge in [0.25, 0.3) is 0 Å². The van der Waals surface area contributed by atoms with Crippen molar-refractivity contribution >= 4 is 48.1 Å². The molecule has 0 fully saturated rings. The molecule has 3 aromatic rings. The van der Waals surface area contributed by atoms with Crippen molar-refractivity contribution in [1.29, 1.82) is 0 Å². The van der Waals surface area contributed by atoms with Gasteiger partial charge in [-0.3, -0.25) is 9.10 Å². The van der Waals surface area contributed by atoms with Crippen LogP contribution in [0.15, 0.2) is 71.6 Å². The molecule has 31 heavy (non-hydrogen) atoms. The second-order valence-corrected chi connectivity index (χ2v) is 11.2. The minimum absolute atomic E-state index is 0.0234. The number of carbonyl (C=O) groups is 1. The lowest BCUT2D eigenvalue weighted by Crippen LogP contribution is -2.37. The normalized spacial score (nSPS) is 12.1. The highest BCUT2D eigenvalue weighted by atomic mass is 32.2. The maximum Gasteiger partial charge on any atom is 0.245 e. The predicted molar refractivity (Wildman–Crippen MR) is 122 cm³/mol. The van der Waals surface area contributed by atoms with E-state index in [4.69, 9.17) is 0 Å². The Hall–Kier alpha value is -2.95. The molecule has 0 aliphatic rings. The Kier molecular flexibility index (Phi) is 6.35. The van der Waals surface area contributed by atoms with E-state index in [0.717, 1.165) is 25.6 Å². The van der Waals surface area contributed by atoms with Gasteiger partial charge < -0.3 is 5.32 Å². The Balaban J connectivity index is 1.82. The quantitative estimate of drug-likeness (QED) is 0.582. The van der Waals surface area contributed by atoms with Crippen LogP contribution in [-0.4, -0.2) is 53.9 Å².